The number of aliphatic carboxylic acids is 1. The third-order valence-electron chi connectivity index (χ3n) is 4.48. The summed E-state index contributed by atoms with van der Waals surface area (Å²) in [5.41, 5.74) is 1.88. The monoisotopic (exact) mass is 355 g/mol. The van der Waals surface area contributed by atoms with Crippen LogP contribution in [-0.2, 0) is 10.5 Å². The standard InChI is InChI=1S/C20H21NO3S/c22-19(21-17-9-6-16(12-17)20(23)24)15-7-10-18(11-8-15)25-13-14-4-2-1-3-5-14/h1-5,7-8,10-11,16-17H,6,9,12-13H2,(H,21,22)(H,23,24)/t16-,17+/m0/s1. The van der Waals surface area contributed by atoms with Crippen molar-refractivity contribution in [3.8, 4) is 0 Å². The number of carbonyl (C=O) groups excluding carboxylic acids is 1. The number of thioether (sulfide) groups is 1. The van der Waals surface area contributed by atoms with Crippen molar-refractivity contribution in [2.45, 2.75) is 36.0 Å². The van der Waals surface area contributed by atoms with Crippen molar-refractivity contribution in [3.05, 3.63) is 65.7 Å². The molecule has 1 saturated carbocycles. The lowest BCUT2D eigenvalue weighted by Crippen LogP contribution is -2.33. The number of nitrogens with one attached hydrogen (secondary N) is 1. The molecule has 0 aliphatic heterocycles. The molecule has 0 aromatic heterocycles. The Kier molecular flexibility index (Phi) is 5.76. The van der Waals surface area contributed by atoms with E-state index >= 15 is 0 Å². The lowest BCUT2D eigenvalue weighted by Gasteiger charge is -2.12. The number of benzene rings is 2. The molecule has 3 rings (SSSR count). The van der Waals surface area contributed by atoms with Gasteiger partial charge >= 0.3 is 5.97 Å². The van der Waals surface area contributed by atoms with Crippen LogP contribution < -0.4 is 5.32 Å². The molecule has 130 valence electrons. The molecular formula is C20H21NO3S. The highest BCUT2D eigenvalue weighted by Gasteiger charge is 2.30. The van der Waals surface area contributed by atoms with E-state index in [9.17, 15) is 9.59 Å². The molecule has 0 unspecified atom stereocenters. The van der Waals surface area contributed by atoms with Crippen LogP contribution >= 0.6 is 11.8 Å². The number of hydrogen-bond donors (Lipinski definition) is 2. The second-order valence-corrected chi connectivity index (χ2v) is 7.37. The number of carboxylic acids is 1. The van der Waals surface area contributed by atoms with E-state index in [0.717, 1.165) is 17.1 Å². The summed E-state index contributed by atoms with van der Waals surface area (Å²) >= 11 is 1.73. The van der Waals surface area contributed by atoms with Crippen LogP contribution in [0.4, 0.5) is 0 Å². The molecule has 1 aliphatic carbocycles. The quantitative estimate of drug-likeness (QED) is 0.770. The van der Waals surface area contributed by atoms with Gasteiger partial charge < -0.3 is 10.4 Å². The molecule has 0 bridgehead atoms. The summed E-state index contributed by atoms with van der Waals surface area (Å²) in [4.78, 5) is 24.4. The predicted molar refractivity (Wildman–Crippen MR) is 98.7 cm³/mol. The third kappa shape index (κ3) is 4.86. The largest absolute Gasteiger partial charge is 0.481 e. The molecule has 4 nitrogen and oxygen atoms in total. The second-order valence-electron chi connectivity index (χ2n) is 6.32. The van der Waals surface area contributed by atoms with Crippen molar-refractivity contribution in [1.82, 2.24) is 5.32 Å². The first-order valence-corrected chi connectivity index (χ1v) is 9.41. The minimum absolute atomic E-state index is 0.0410. The SMILES string of the molecule is O=C(N[C@@H]1CC[C@H](C(=O)O)C1)c1ccc(SCc2ccccc2)cc1. The summed E-state index contributed by atoms with van der Waals surface area (Å²) in [5, 5.41) is 12.0. The minimum Gasteiger partial charge on any atom is -0.481 e. The fourth-order valence-electron chi connectivity index (χ4n) is 3.05. The van der Waals surface area contributed by atoms with E-state index in [4.69, 9.17) is 5.11 Å². The number of rotatable bonds is 6. The zero-order valence-corrected chi connectivity index (χ0v) is 14.7. The molecule has 0 radical (unpaired) electrons. The van der Waals surface area contributed by atoms with Crippen LogP contribution in [0.5, 0.6) is 0 Å². The average Bonchev–Trinajstić information content (AvgIpc) is 3.10. The molecule has 0 heterocycles. The van der Waals surface area contributed by atoms with E-state index in [-0.39, 0.29) is 17.9 Å². The molecule has 0 spiro atoms. The van der Waals surface area contributed by atoms with Crippen molar-refractivity contribution in [3.63, 3.8) is 0 Å². The lowest BCUT2D eigenvalue weighted by atomic mass is 10.1. The molecule has 25 heavy (non-hydrogen) atoms. The first-order chi connectivity index (χ1) is 12.1. The van der Waals surface area contributed by atoms with Crippen molar-refractivity contribution >= 4 is 23.6 Å². The van der Waals surface area contributed by atoms with Crippen LogP contribution in [0.25, 0.3) is 0 Å². The van der Waals surface area contributed by atoms with Gasteiger partial charge in [-0.05, 0) is 49.1 Å². The zero-order chi connectivity index (χ0) is 17.6. The number of carbonyl (C=O) groups is 2. The number of hydrogen-bond acceptors (Lipinski definition) is 3. The number of carboxylic acid groups (broad SMARTS) is 1. The first-order valence-electron chi connectivity index (χ1n) is 8.42. The van der Waals surface area contributed by atoms with Crippen LogP contribution in [0.1, 0.15) is 35.2 Å². The van der Waals surface area contributed by atoms with Crippen molar-refractivity contribution < 1.29 is 14.7 Å². The summed E-state index contributed by atoms with van der Waals surface area (Å²) in [6, 6.07) is 17.8. The van der Waals surface area contributed by atoms with Gasteiger partial charge in [0.25, 0.3) is 5.91 Å². The van der Waals surface area contributed by atoms with Gasteiger partial charge in [-0.1, -0.05) is 30.3 Å². The molecule has 1 aliphatic rings. The van der Waals surface area contributed by atoms with Crippen molar-refractivity contribution in [1.29, 1.82) is 0 Å². The fourth-order valence-corrected chi connectivity index (χ4v) is 3.90. The Hall–Kier alpha value is -2.27. The van der Waals surface area contributed by atoms with Gasteiger partial charge in [-0.3, -0.25) is 9.59 Å². The van der Waals surface area contributed by atoms with Gasteiger partial charge in [0, 0.05) is 22.3 Å². The van der Waals surface area contributed by atoms with E-state index in [1.165, 1.54) is 5.56 Å². The Morgan fingerprint density at radius 1 is 1.04 bits per heavy atom. The fraction of sp³-hybridized carbons (Fsp3) is 0.300. The van der Waals surface area contributed by atoms with E-state index in [0.29, 0.717) is 18.4 Å². The molecule has 0 saturated heterocycles. The van der Waals surface area contributed by atoms with Crippen LogP contribution in [0, 0.1) is 5.92 Å². The van der Waals surface area contributed by atoms with Gasteiger partial charge in [-0.25, -0.2) is 0 Å². The smallest absolute Gasteiger partial charge is 0.306 e. The molecule has 2 aromatic carbocycles. The highest BCUT2D eigenvalue weighted by molar-refractivity contribution is 7.98. The maximum absolute atomic E-state index is 12.3. The van der Waals surface area contributed by atoms with Crippen LogP contribution in [0.15, 0.2) is 59.5 Å². The summed E-state index contributed by atoms with van der Waals surface area (Å²) in [6.45, 7) is 0. The van der Waals surface area contributed by atoms with E-state index in [2.05, 4.69) is 17.4 Å². The second kappa shape index (κ2) is 8.21. The Morgan fingerprint density at radius 2 is 1.76 bits per heavy atom. The Bertz CT molecular complexity index is 730. The Labute approximate surface area is 151 Å². The lowest BCUT2D eigenvalue weighted by molar-refractivity contribution is -0.141. The molecule has 1 amide bonds. The molecule has 2 aromatic rings. The van der Waals surface area contributed by atoms with Crippen LogP contribution in [0.2, 0.25) is 0 Å². The van der Waals surface area contributed by atoms with Gasteiger partial charge in [-0.2, -0.15) is 0 Å². The van der Waals surface area contributed by atoms with Crippen LogP contribution in [0.3, 0.4) is 0 Å². The van der Waals surface area contributed by atoms with Gasteiger partial charge in [-0.15, -0.1) is 11.8 Å². The maximum atomic E-state index is 12.3. The highest BCUT2D eigenvalue weighted by Crippen LogP contribution is 2.26. The third-order valence-corrected chi connectivity index (χ3v) is 5.57. The predicted octanol–water partition coefficient (Wildman–Crippen LogP) is 3.96. The first kappa shape index (κ1) is 17.5. The summed E-state index contributed by atoms with van der Waals surface area (Å²) < 4.78 is 0. The van der Waals surface area contributed by atoms with E-state index in [1.807, 2.05) is 42.5 Å². The van der Waals surface area contributed by atoms with Gasteiger partial charge in [0.15, 0.2) is 0 Å². The molecule has 5 heteroatoms. The Balaban J connectivity index is 1.51. The van der Waals surface area contributed by atoms with Crippen molar-refractivity contribution in [2.24, 2.45) is 5.92 Å². The molecule has 2 atom stereocenters. The van der Waals surface area contributed by atoms with Gasteiger partial charge in [0.2, 0.25) is 0 Å². The summed E-state index contributed by atoms with van der Waals surface area (Å²) in [5.74, 6) is -0.334. The maximum Gasteiger partial charge on any atom is 0.306 e. The minimum atomic E-state index is -0.767. The topological polar surface area (TPSA) is 66.4 Å². The normalized spacial score (nSPS) is 19.5. The van der Waals surface area contributed by atoms with Crippen molar-refractivity contribution in [2.75, 3.05) is 0 Å². The van der Waals surface area contributed by atoms with Gasteiger partial charge in [0.05, 0.1) is 5.92 Å². The summed E-state index contributed by atoms with van der Waals surface area (Å²) in [7, 11) is 0. The molecular weight excluding hydrogens is 334 g/mol. The number of amides is 1. The Morgan fingerprint density at radius 3 is 2.40 bits per heavy atom. The van der Waals surface area contributed by atoms with E-state index in [1.54, 1.807) is 11.8 Å². The van der Waals surface area contributed by atoms with Crippen LogP contribution in [-0.4, -0.2) is 23.0 Å². The molecule has 2 N–H and O–H groups in total. The average molecular weight is 355 g/mol. The highest BCUT2D eigenvalue weighted by atomic mass is 32.2. The molecule has 1 fully saturated rings. The van der Waals surface area contributed by atoms with E-state index < -0.39 is 5.97 Å². The van der Waals surface area contributed by atoms with Gasteiger partial charge in [0.1, 0.15) is 0 Å². The zero-order valence-electron chi connectivity index (χ0n) is 13.9. The summed E-state index contributed by atoms with van der Waals surface area (Å²) in [6.07, 6.45) is 1.88.